The fourth-order valence-electron chi connectivity index (χ4n) is 1.19. The van der Waals surface area contributed by atoms with Crippen molar-refractivity contribution in [3.05, 3.63) is 36.8 Å². The Morgan fingerprint density at radius 3 is 2.80 bits per heavy atom. The molecule has 0 aliphatic heterocycles. The Morgan fingerprint density at radius 2 is 2.13 bits per heavy atom. The minimum atomic E-state index is 0.454. The number of nitrogen functional groups attached to an aromatic ring is 1. The van der Waals surface area contributed by atoms with Crippen LogP contribution in [0.2, 0.25) is 0 Å². The van der Waals surface area contributed by atoms with Gasteiger partial charge in [-0.25, -0.2) is 4.98 Å². The molecule has 0 radical (unpaired) electrons. The molecule has 0 bridgehead atoms. The topological polar surface area (TPSA) is 67.9 Å². The van der Waals surface area contributed by atoms with Gasteiger partial charge < -0.3 is 10.6 Å². The van der Waals surface area contributed by atoms with Crippen LogP contribution in [-0.2, 0) is 0 Å². The average molecular weight is 201 g/mol. The highest BCUT2D eigenvalue weighted by atomic mass is 15.2. The van der Waals surface area contributed by atoms with Gasteiger partial charge >= 0.3 is 0 Å². The number of pyridine rings is 1. The van der Waals surface area contributed by atoms with E-state index < -0.39 is 0 Å². The number of nitrogens with two attached hydrogens (primary N) is 1. The molecule has 2 heterocycles. The Labute approximate surface area is 87.6 Å². The standard InChI is InChI=1S/C10H11N5/c1-15(8-3-2-5-12-7-8)10-13-6-4-9(11)14-10/h2-7H,1H3,(H2,11,13,14). The maximum absolute atomic E-state index is 5.58. The van der Waals surface area contributed by atoms with Crippen molar-refractivity contribution >= 4 is 17.5 Å². The first-order chi connectivity index (χ1) is 7.27. The summed E-state index contributed by atoms with van der Waals surface area (Å²) in [6.07, 6.45) is 5.09. The van der Waals surface area contributed by atoms with Crippen molar-refractivity contribution < 1.29 is 0 Å². The SMILES string of the molecule is CN(c1cccnc1)c1nccc(N)n1. The molecule has 76 valence electrons. The molecule has 0 aliphatic carbocycles. The van der Waals surface area contributed by atoms with Crippen LogP contribution >= 0.6 is 0 Å². The normalized spacial score (nSPS) is 9.93. The number of hydrogen-bond donors (Lipinski definition) is 1. The molecule has 15 heavy (non-hydrogen) atoms. The van der Waals surface area contributed by atoms with Crippen molar-refractivity contribution in [3.63, 3.8) is 0 Å². The van der Waals surface area contributed by atoms with Crippen LogP contribution in [0.4, 0.5) is 17.5 Å². The van der Waals surface area contributed by atoms with E-state index in [2.05, 4.69) is 15.0 Å². The maximum Gasteiger partial charge on any atom is 0.231 e. The van der Waals surface area contributed by atoms with Gasteiger partial charge in [-0.15, -0.1) is 0 Å². The van der Waals surface area contributed by atoms with Crippen molar-refractivity contribution in [1.29, 1.82) is 0 Å². The lowest BCUT2D eigenvalue weighted by Crippen LogP contribution is -2.13. The van der Waals surface area contributed by atoms with Gasteiger partial charge in [0.2, 0.25) is 5.95 Å². The second-order valence-electron chi connectivity index (χ2n) is 3.05. The highest BCUT2D eigenvalue weighted by Crippen LogP contribution is 2.18. The van der Waals surface area contributed by atoms with Crippen LogP contribution in [0.3, 0.4) is 0 Å². The zero-order valence-corrected chi connectivity index (χ0v) is 8.33. The Bertz CT molecular complexity index is 443. The van der Waals surface area contributed by atoms with Crippen LogP contribution < -0.4 is 10.6 Å². The fraction of sp³-hybridized carbons (Fsp3) is 0.100. The van der Waals surface area contributed by atoms with Gasteiger partial charge in [-0.3, -0.25) is 4.98 Å². The summed E-state index contributed by atoms with van der Waals surface area (Å²) >= 11 is 0. The molecule has 2 N–H and O–H groups in total. The zero-order valence-electron chi connectivity index (χ0n) is 8.33. The molecule has 2 rings (SSSR count). The number of hydrogen-bond acceptors (Lipinski definition) is 5. The molecule has 0 atom stereocenters. The Hall–Kier alpha value is -2.17. The van der Waals surface area contributed by atoms with Crippen molar-refractivity contribution in [2.75, 3.05) is 17.7 Å². The van der Waals surface area contributed by atoms with Crippen molar-refractivity contribution in [3.8, 4) is 0 Å². The molecule has 0 aliphatic rings. The van der Waals surface area contributed by atoms with Crippen molar-refractivity contribution in [2.45, 2.75) is 0 Å². The molecule has 0 amide bonds. The average Bonchev–Trinajstić information content (AvgIpc) is 2.29. The zero-order chi connectivity index (χ0) is 10.7. The van der Waals surface area contributed by atoms with Crippen molar-refractivity contribution in [1.82, 2.24) is 15.0 Å². The lowest BCUT2D eigenvalue weighted by molar-refractivity contribution is 1.04. The van der Waals surface area contributed by atoms with Crippen LogP contribution in [0.15, 0.2) is 36.8 Å². The van der Waals surface area contributed by atoms with Gasteiger partial charge in [0.05, 0.1) is 11.9 Å². The first-order valence-electron chi connectivity index (χ1n) is 4.49. The minimum absolute atomic E-state index is 0.454. The number of nitrogens with zero attached hydrogens (tertiary/aromatic N) is 4. The summed E-state index contributed by atoms with van der Waals surface area (Å²) in [4.78, 5) is 14.1. The van der Waals surface area contributed by atoms with E-state index in [9.17, 15) is 0 Å². The van der Waals surface area contributed by atoms with Gasteiger partial charge in [0.1, 0.15) is 5.82 Å². The smallest absolute Gasteiger partial charge is 0.231 e. The second kappa shape index (κ2) is 3.91. The monoisotopic (exact) mass is 201 g/mol. The molecule has 0 spiro atoms. The molecule has 2 aromatic heterocycles. The molecular weight excluding hydrogens is 190 g/mol. The van der Waals surface area contributed by atoms with Gasteiger partial charge in [-0.2, -0.15) is 4.98 Å². The molecule has 0 saturated carbocycles. The van der Waals surface area contributed by atoms with Crippen LogP contribution in [0.1, 0.15) is 0 Å². The molecule has 0 fully saturated rings. The summed E-state index contributed by atoms with van der Waals surface area (Å²) in [7, 11) is 1.87. The third-order valence-electron chi connectivity index (χ3n) is 2.00. The van der Waals surface area contributed by atoms with E-state index >= 15 is 0 Å². The van der Waals surface area contributed by atoms with E-state index in [0.717, 1.165) is 5.69 Å². The van der Waals surface area contributed by atoms with E-state index in [1.54, 1.807) is 24.7 Å². The lowest BCUT2D eigenvalue weighted by Gasteiger charge is -2.16. The van der Waals surface area contributed by atoms with Gasteiger partial charge in [-0.1, -0.05) is 0 Å². The first-order valence-corrected chi connectivity index (χ1v) is 4.49. The molecule has 5 heteroatoms. The third kappa shape index (κ3) is 2.01. The summed E-state index contributed by atoms with van der Waals surface area (Å²) in [6.45, 7) is 0. The Kier molecular flexibility index (Phi) is 2.45. The van der Waals surface area contributed by atoms with Gasteiger partial charge in [-0.05, 0) is 18.2 Å². The van der Waals surface area contributed by atoms with Crippen molar-refractivity contribution in [2.24, 2.45) is 0 Å². The molecule has 0 saturated heterocycles. The van der Waals surface area contributed by atoms with Crippen LogP contribution in [0.5, 0.6) is 0 Å². The summed E-state index contributed by atoms with van der Waals surface area (Å²) in [5, 5.41) is 0. The van der Waals surface area contributed by atoms with Crippen LogP contribution in [0, 0.1) is 0 Å². The largest absolute Gasteiger partial charge is 0.384 e. The van der Waals surface area contributed by atoms with Gasteiger partial charge in [0.25, 0.3) is 0 Å². The van der Waals surface area contributed by atoms with Gasteiger partial charge in [0.15, 0.2) is 0 Å². The van der Waals surface area contributed by atoms with E-state index in [1.807, 2.05) is 24.1 Å². The predicted molar refractivity (Wildman–Crippen MR) is 58.7 cm³/mol. The summed E-state index contributed by atoms with van der Waals surface area (Å²) in [6, 6.07) is 5.44. The highest BCUT2D eigenvalue weighted by molar-refractivity contribution is 5.55. The minimum Gasteiger partial charge on any atom is -0.384 e. The molecular formula is C10H11N5. The molecule has 2 aromatic rings. The molecule has 0 unspecified atom stereocenters. The number of anilines is 3. The van der Waals surface area contributed by atoms with E-state index in [0.29, 0.717) is 11.8 Å². The quantitative estimate of drug-likeness (QED) is 0.791. The van der Waals surface area contributed by atoms with Gasteiger partial charge in [0, 0.05) is 19.4 Å². The Balaban J connectivity index is 2.32. The third-order valence-corrected chi connectivity index (χ3v) is 2.00. The first kappa shape index (κ1) is 9.39. The van der Waals surface area contributed by atoms with E-state index in [-0.39, 0.29) is 0 Å². The van der Waals surface area contributed by atoms with Crippen LogP contribution in [0.25, 0.3) is 0 Å². The Morgan fingerprint density at radius 1 is 1.27 bits per heavy atom. The summed E-state index contributed by atoms with van der Waals surface area (Å²) in [5.41, 5.74) is 6.50. The van der Waals surface area contributed by atoms with Crippen LogP contribution in [-0.4, -0.2) is 22.0 Å². The summed E-state index contributed by atoms with van der Waals surface area (Å²) < 4.78 is 0. The number of aromatic nitrogens is 3. The maximum atomic E-state index is 5.58. The van der Waals surface area contributed by atoms with E-state index in [4.69, 9.17) is 5.73 Å². The van der Waals surface area contributed by atoms with E-state index in [1.165, 1.54) is 0 Å². The lowest BCUT2D eigenvalue weighted by atomic mass is 10.4. The highest BCUT2D eigenvalue weighted by Gasteiger charge is 2.06. The fourth-order valence-corrected chi connectivity index (χ4v) is 1.19. The number of rotatable bonds is 2. The predicted octanol–water partition coefficient (Wildman–Crippen LogP) is 1.22. The molecule has 0 aromatic carbocycles. The summed E-state index contributed by atoms with van der Waals surface area (Å²) in [5.74, 6) is 1.01. The molecule has 5 nitrogen and oxygen atoms in total. The second-order valence-corrected chi connectivity index (χ2v) is 3.05.